The number of nitrogens with one attached hydrogen (secondary N) is 3. The lowest BCUT2D eigenvalue weighted by atomic mass is 10.1. The zero-order chi connectivity index (χ0) is 21.7. The fourth-order valence-corrected chi connectivity index (χ4v) is 3.05. The van der Waals surface area contributed by atoms with Crippen molar-refractivity contribution in [2.45, 2.75) is 27.7 Å². The van der Waals surface area contributed by atoms with Gasteiger partial charge >= 0.3 is 0 Å². The molecule has 0 aliphatic carbocycles. The van der Waals surface area contributed by atoms with Crippen LogP contribution in [0.4, 0.5) is 11.4 Å². The minimum Gasteiger partial charge on any atom is -0.322 e. The first-order chi connectivity index (χ1) is 13.6. The first-order valence-corrected chi connectivity index (χ1v) is 9.03. The van der Waals surface area contributed by atoms with E-state index in [1.807, 2.05) is 32.9 Å². The molecule has 0 aromatic heterocycles. The number of anilines is 1. The maximum Gasteiger partial charge on any atom is 0.271 e. The van der Waals surface area contributed by atoms with Crippen molar-refractivity contribution in [3.05, 3.63) is 79.5 Å². The van der Waals surface area contributed by atoms with E-state index in [1.165, 1.54) is 18.2 Å². The van der Waals surface area contributed by atoms with Crippen LogP contribution >= 0.6 is 11.6 Å². The van der Waals surface area contributed by atoms with Crippen LogP contribution in [0.2, 0.25) is 5.02 Å². The lowest BCUT2D eigenvalue weighted by Gasteiger charge is -2.13. The van der Waals surface area contributed by atoms with Crippen molar-refractivity contribution in [2.75, 3.05) is 5.32 Å². The highest BCUT2D eigenvalue weighted by Crippen LogP contribution is 2.23. The van der Waals surface area contributed by atoms with Gasteiger partial charge in [-0.2, -0.15) is 0 Å². The van der Waals surface area contributed by atoms with Crippen molar-refractivity contribution in [3.8, 4) is 0 Å². The lowest BCUT2D eigenvalue weighted by Crippen LogP contribution is -2.36. The maximum atomic E-state index is 12.3. The van der Waals surface area contributed by atoms with E-state index in [1.54, 1.807) is 6.92 Å². The number of nitro benzene ring substituents is 1. The number of rotatable bonds is 6. The van der Waals surface area contributed by atoms with Gasteiger partial charge in [-0.3, -0.25) is 25.1 Å². The molecule has 9 heteroatoms. The Morgan fingerprint density at radius 1 is 1.07 bits per heavy atom. The van der Waals surface area contributed by atoms with E-state index >= 15 is 0 Å². The topological polar surface area (TPSA) is 113 Å². The summed E-state index contributed by atoms with van der Waals surface area (Å²) in [5.74, 6) is -0.948. The molecule has 0 aliphatic rings. The Bertz CT molecular complexity index is 995. The van der Waals surface area contributed by atoms with Crippen LogP contribution in [0, 0.1) is 30.9 Å². The largest absolute Gasteiger partial charge is 0.322 e. The number of allylic oxidation sites excluding steroid dienone is 1. The van der Waals surface area contributed by atoms with Crippen LogP contribution in [-0.2, 0) is 4.79 Å². The third-order valence-corrected chi connectivity index (χ3v) is 4.37. The van der Waals surface area contributed by atoms with Gasteiger partial charge in [0, 0.05) is 29.6 Å². The molecule has 29 heavy (non-hydrogen) atoms. The first-order valence-electron chi connectivity index (χ1n) is 8.66. The zero-order valence-electron chi connectivity index (χ0n) is 16.4. The molecule has 0 heterocycles. The van der Waals surface area contributed by atoms with Gasteiger partial charge in [0.05, 0.1) is 15.5 Å². The van der Waals surface area contributed by atoms with Gasteiger partial charge in [-0.15, -0.1) is 0 Å². The number of carbonyl (C=O) groups is 2. The normalized spacial score (nSPS) is 11.0. The van der Waals surface area contributed by atoms with Crippen LogP contribution in [0.3, 0.4) is 0 Å². The third-order valence-electron chi connectivity index (χ3n) is 4.05. The number of halogens is 1. The van der Waals surface area contributed by atoms with Crippen molar-refractivity contribution >= 4 is 34.8 Å². The Balaban J connectivity index is 2.00. The molecule has 0 fully saturated rings. The van der Waals surface area contributed by atoms with E-state index in [0.717, 1.165) is 28.4 Å². The molecule has 0 aliphatic heterocycles. The van der Waals surface area contributed by atoms with Gasteiger partial charge in [0.25, 0.3) is 11.6 Å². The van der Waals surface area contributed by atoms with Gasteiger partial charge in [0.15, 0.2) is 0 Å². The molecule has 8 nitrogen and oxygen atoms in total. The average molecular weight is 417 g/mol. The lowest BCUT2D eigenvalue weighted by molar-refractivity contribution is -0.384. The predicted molar refractivity (Wildman–Crippen MR) is 112 cm³/mol. The summed E-state index contributed by atoms with van der Waals surface area (Å²) in [6.07, 6.45) is 1.30. The van der Waals surface area contributed by atoms with E-state index in [0.29, 0.717) is 5.70 Å². The smallest absolute Gasteiger partial charge is 0.271 e. The standard InChI is InChI=1S/C20H21ClN4O4/c1-11-7-12(2)19(13(3)8-11)22-18(26)9-14(4)23-24-20(27)16-6-5-15(25(28)29)10-17(16)21/h5-10,23H,1-4H3,(H,22,26)(H,24,27)/b14-9+. The van der Waals surface area contributed by atoms with Crippen LogP contribution in [0.1, 0.15) is 34.0 Å². The molecule has 2 amide bonds. The number of carbonyl (C=O) groups excluding carboxylic acids is 2. The van der Waals surface area contributed by atoms with Gasteiger partial charge in [-0.25, -0.2) is 0 Å². The molecule has 0 radical (unpaired) electrons. The van der Waals surface area contributed by atoms with Crippen LogP contribution in [-0.4, -0.2) is 16.7 Å². The summed E-state index contributed by atoms with van der Waals surface area (Å²) in [4.78, 5) is 34.6. The van der Waals surface area contributed by atoms with Gasteiger partial charge in [-0.1, -0.05) is 29.3 Å². The van der Waals surface area contributed by atoms with Crippen LogP contribution < -0.4 is 16.2 Å². The molecular formula is C20H21ClN4O4. The van der Waals surface area contributed by atoms with Gasteiger partial charge < -0.3 is 10.7 Å². The number of hydrogen-bond acceptors (Lipinski definition) is 5. The summed E-state index contributed by atoms with van der Waals surface area (Å²) in [5.41, 5.74) is 9.00. The zero-order valence-corrected chi connectivity index (χ0v) is 17.2. The second kappa shape index (κ2) is 9.20. The maximum absolute atomic E-state index is 12.3. The summed E-state index contributed by atoms with van der Waals surface area (Å²) in [7, 11) is 0. The fraction of sp³-hybridized carbons (Fsp3) is 0.200. The van der Waals surface area contributed by atoms with Gasteiger partial charge in [-0.05, 0) is 44.9 Å². The summed E-state index contributed by atoms with van der Waals surface area (Å²) in [6.45, 7) is 7.42. The van der Waals surface area contributed by atoms with Crippen molar-refractivity contribution in [3.63, 3.8) is 0 Å². The molecule has 0 saturated carbocycles. The molecular weight excluding hydrogens is 396 g/mol. The molecule has 0 atom stereocenters. The van der Waals surface area contributed by atoms with Crippen molar-refractivity contribution in [2.24, 2.45) is 0 Å². The van der Waals surface area contributed by atoms with Crippen molar-refractivity contribution in [1.82, 2.24) is 10.9 Å². The second-order valence-electron chi connectivity index (χ2n) is 6.59. The van der Waals surface area contributed by atoms with Crippen LogP contribution in [0.15, 0.2) is 42.1 Å². The SMILES string of the molecule is C/C(=C\C(=O)Nc1c(C)cc(C)cc1C)NNC(=O)c1ccc([N+](=O)[O-])cc1Cl. The summed E-state index contributed by atoms with van der Waals surface area (Å²) in [6, 6.07) is 7.49. The monoisotopic (exact) mass is 416 g/mol. The number of benzene rings is 2. The van der Waals surface area contributed by atoms with Crippen LogP contribution in [0.25, 0.3) is 0 Å². The molecule has 3 N–H and O–H groups in total. The summed E-state index contributed by atoms with van der Waals surface area (Å²) in [5, 5.41) is 13.5. The highest BCUT2D eigenvalue weighted by molar-refractivity contribution is 6.34. The molecule has 2 rings (SSSR count). The molecule has 0 saturated heterocycles. The number of aryl methyl sites for hydroxylation is 3. The third kappa shape index (κ3) is 5.79. The summed E-state index contributed by atoms with van der Waals surface area (Å²) < 4.78 is 0. The fourth-order valence-electron chi connectivity index (χ4n) is 2.79. The predicted octanol–water partition coefficient (Wildman–Crippen LogP) is 3.95. The van der Waals surface area contributed by atoms with Gasteiger partial charge in [0.2, 0.25) is 5.91 Å². The van der Waals surface area contributed by atoms with E-state index < -0.39 is 10.8 Å². The number of hydrogen-bond donors (Lipinski definition) is 3. The number of amides is 2. The van der Waals surface area contributed by atoms with E-state index in [4.69, 9.17) is 11.6 Å². The molecule has 152 valence electrons. The minimum absolute atomic E-state index is 0.0526. The Morgan fingerprint density at radius 3 is 2.24 bits per heavy atom. The highest BCUT2D eigenvalue weighted by atomic mass is 35.5. The number of hydrazine groups is 1. The Morgan fingerprint density at radius 2 is 1.69 bits per heavy atom. The Hall–Kier alpha value is -3.39. The quantitative estimate of drug-likeness (QED) is 0.375. The van der Waals surface area contributed by atoms with Crippen molar-refractivity contribution in [1.29, 1.82) is 0 Å². The van der Waals surface area contributed by atoms with E-state index in [9.17, 15) is 19.7 Å². The molecule has 2 aromatic rings. The number of nitrogens with zero attached hydrogens (tertiary/aromatic N) is 1. The Kier molecular flexibility index (Phi) is 6.95. The molecule has 0 spiro atoms. The Labute approximate surface area is 173 Å². The number of non-ortho nitro benzene ring substituents is 1. The molecule has 0 unspecified atom stereocenters. The molecule has 2 aromatic carbocycles. The van der Waals surface area contributed by atoms with E-state index in [2.05, 4.69) is 16.2 Å². The van der Waals surface area contributed by atoms with Gasteiger partial charge in [0.1, 0.15) is 0 Å². The number of nitro groups is 1. The second-order valence-corrected chi connectivity index (χ2v) is 7.00. The summed E-state index contributed by atoms with van der Waals surface area (Å²) >= 11 is 5.93. The van der Waals surface area contributed by atoms with Crippen molar-refractivity contribution < 1.29 is 14.5 Å². The highest BCUT2D eigenvalue weighted by Gasteiger charge is 2.15. The minimum atomic E-state index is -0.602. The molecule has 0 bridgehead atoms. The first kappa shape index (κ1) is 21.9. The van der Waals surface area contributed by atoms with E-state index in [-0.39, 0.29) is 22.2 Å². The van der Waals surface area contributed by atoms with Crippen LogP contribution in [0.5, 0.6) is 0 Å². The average Bonchev–Trinajstić information content (AvgIpc) is 2.62.